The first kappa shape index (κ1) is 12.3. The van der Waals surface area contributed by atoms with Crippen LogP contribution < -0.4 is 0 Å². The van der Waals surface area contributed by atoms with Crippen LogP contribution >= 0.6 is 11.8 Å². The molecule has 15 heavy (non-hydrogen) atoms. The first-order chi connectivity index (χ1) is 7.04. The van der Waals surface area contributed by atoms with Crippen LogP contribution in [0, 0.1) is 0 Å². The van der Waals surface area contributed by atoms with Gasteiger partial charge in [-0.25, -0.2) is 0 Å². The Labute approximate surface area is 88.7 Å². The van der Waals surface area contributed by atoms with E-state index in [-0.39, 0.29) is 6.61 Å². The highest BCUT2D eigenvalue weighted by atomic mass is 32.2. The largest absolute Gasteiger partial charge is 0.435 e. The molecule has 7 heteroatoms. The van der Waals surface area contributed by atoms with Gasteiger partial charge in [0.25, 0.3) is 0 Å². The van der Waals surface area contributed by atoms with Gasteiger partial charge < -0.3 is 5.11 Å². The van der Waals surface area contributed by atoms with Crippen LogP contribution in [0.25, 0.3) is 0 Å². The molecule has 84 valence electrons. The number of thioether (sulfide) groups is 1. The molecule has 0 saturated heterocycles. The standard InChI is InChI=1S/C8H9F3N2OS/c9-8(10,11)6-2-3-7(13-12-6)15-5-1-4-14/h2-3,14H,1,4-5H2. The average molecular weight is 238 g/mol. The number of nitrogens with zero attached hydrogens (tertiary/aromatic N) is 2. The quantitative estimate of drug-likeness (QED) is 0.643. The van der Waals surface area contributed by atoms with Crippen LogP contribution in [-0.4, -0.2) is 27.7 Å². The normalized spacial score (nSPS) is 11.7. The van der Waals surface area contributed by atoms with Crippen molar-refractivity contribution in [2.45, 2.75) is 17.6 Å². The first-order valence-corrected chi connectivity index (χ1v) is 5.17. The lowest BCUT2D eigenvalue weighted by atomic mass is 10.4. The van der Waals surface area contributed by atoms with Gasteiger partial charge in [-0.15, -0.1) is 22.0 Å². The van der Waals surface area contributed by atoms with Crippen LogP contribution in [0.4, 0.5) is 13.2 Å². The fraction of sp³-hybridized carbons (Fsp3) is 0.500. The number of halogens is 3. The molecule has 1 N–H and O–H groups in total. The van der Waals surface area contributed by atoms with Gasteiger partial charge >= 0.3 is 6.18 Å². The zero-order chi connectivity index (χ0) is 11.3. The molecule has 3 nitrogen and oxygen atoms in total. The van der Waals surface area contributed by atoms with Gasteiger partial charge in [0.1, 0.15) is 5.03 Å². The zero-order valence-electron chi connectivity index (χ0n) is 7.66. The molecule has 1 heterocycles. The Balaban J connectivity index is 2.57. The highest BCUT2D eigenvalue weighted by Gasteiger charge is 2.32. The first-order valence-electron chi connectivity index (χ1n) is 4.18. The number of hydrogen-bond acceptors (Lipinski definition) is 4. The molecule has 0 saturated carbocycles. The molecule has 0 bridgehead atoms. The van der Waals surface area contributed by atoms with Crippen molar-refractivity contribution in [1.29, 1.82) is 0 Å². The van der Waals surface area contributed by atoms with Crippen molar-refractivity contribution >= 4 is 11.8 Å². The molecule has 0 radical (unpaired) electrons. The van der Waals surface area contributed by atoms with Crippen LogP contribution in [0.2, 0.25) is 0 Å². The van der Waals surface area contributed by atoms with Crippen LogP contribution in [0.1, 0.15) is 12.1 Å². The molecule has 1 aromatic heterocycles. The Morgan fingerprint density at radius 3 is 2.47 bits per heavy atom. The maximum absolute atomic E-state index is 12.1. The van der Waals surface area contributed by atoms with Crippen LogP contribution in [0.3, 0.4) is 0 Å². The summed E-state index contributed by atoms with van der Waals surface area (Å²) in [6.45, 7) is 0.0566. The molecule has 1 rings (SSSR count). The van der Waals surface area contributed by atoms with Crippen molar-refractivity contribution in [3.8, 4) is 0 Å². The smallest absolute Gasteiger partial charge is 0.396 e. The predicted octanol–water partition coefficient (Wildman–Crippen LogP) is 1.97. The highest BCUT2D eigenvalue weighted by Crippen LogP contribution is 2.27. The lowest BCUT2D eigenvalue weighted by Gasteiger charge is -2.04. The Morgan fingerprint density at radius 1 is 1.27 bits per heavy atom. The molecule has 0 aliphatic heterocycles. The van der Waals surface area contributed by atoms with Gasteiger partial charge in [-0.05, 0) is 18.6 Å². The zero-order valence-corrected chi connectivity index (χ0v) is 8.48. The number of hydrogen-bond donors (Lipinski definition) is 1. The van der Waals surface area contributed by atoms with Crippen molar-refractivity contribution in [3.05, 3.63) is 17.8 Å². The molecule has 1 aromatic rings. The van der Waals surface area contributed by atoms with E-state index < -0.39 is 11.9 Å². The summed E-state index contributed by atoms with van der Waals surface area (Å²) in [7, 11) is 0. The topological polar surface area (TPSA) is 46.0 Å². The van der Waals surface area contributed by atoms with E-state index >= 15 is 0 Å². The second-order valence-corrected chi connectivity index (χ2v) is 3.80. The van der Waals surface area contributed by atoms with E-state index in [0.29, 0.717) is 17.2 Å². The summed E-state index contributed by atoms with van der Waals surface area (Å²) in [6.07, 6.45) is -3.87. The van der Waals surface area contributed by atoms with E-state index in [4.69, 9.17) is 5.11 Å². The third kappa shape index (κ3) is 4.05. The van der Waals surface area contributed by atoms with Crippen molar-refractivity contribution in [1.82, 2.24) is 10.2 Å². The molecular weight excluding hydrogens is 229 g/mol. The third-order valence-electron chi connectivity index (χ3n) is 1.48. The minimum absolute atomic E-state index is 0.0566. The number of alkyl halides is 3. The summed E-state index contributed by atoms with van der Waals surface area (Å²) in [4.78, 5) is 0. The highest BCUT2D eigenvalue weighted by molar-refractivity contribution is 7.99. The van der Waals surface area contributed by atoms with Crippen LogP contribution in [0.15, 0.2) is 17.2 Å². The second-order valence-electron chi connectivity index (χ2n) is 2.68. The summed E-state index contributed by atoms with van der Waals surface area (Å²) >= 11 is 1.26. The summed E-state index contributed by atoms with van der Waals surface area (Å²) in [5.74, 6) is 0.608. The van der Waals surface area contributed by atoms with Crippen LogP contribution in [-0.2, 0) is 6.18 Å². The summed E-state index contributed by atoms with van der Waals surface area (Å²) in [5.41, 5.74) is -0.992. The van der Waals surface area contributed by atoms with Gasteiger partial charge in [0.2, 0.25) is 0 Å². The van der Waals surface area contributed by atoms with Crippen molar-refractivity contribution < 1.29 is 18.3 Å². The Morgan fingerprint density at radius 2 is 2.00 bits per heavy atom. The summed E-state index contributed by atoms with van der Waals surface area (Å²) in [5, 5.41) is 15.4. The molecule has 0 aliphatic rings. The van der Waals surface area contributed by atoms with Gasteiger partial charge in [0.05, 0.1) is 0 Å². The Hall–Kier alpha value is -0.820. The minimum Gasteiger partial charge on any atom is -0.396 e. The maximum atomic E-state index is 12.1. The van der Waals surface area contributed by atoms with E-state index in [1.807, 2.05) is 0 Å². The predicted molar refractivity (Wildman–Crippen MR) is 49.5 cm³/mol. The minimum atomic E-state index is -4.44. The SMILES string of the molecule is OCCCSc1ccc(C(F)(F)F)nn1. The number of aliphatic hydroxyl groups excluding tert-OH is 1. The molecule has 0 spiro atoms. The average Bonchev–Trinajstić information content (AvgIpc) is 2.18. The molecule has 0 amide bonds. The summed E-state index contributed by atoms with van der Waals surface area (Å²) in [6, 6.07) is 2.17. The molecular formula is C8H9F3N2OS. The van der Waals surface area contributed by atoms with E-state index in [9.17, 15) is 13.2 Å². The monoisotopic (exact) mass is 238 g/mol. The maximum Gasteiger partial charge on any atom is 0.435 e. The molecule has 0 unspecified atom stereocenters. The van der Waals surface area contributed by atoms with Gasteiger partial charge in [-0.1, -0.05) is 0 Å². The van der Waals surface area contributed by atoms with Crippen molar-refractivity contribution in [2.75, 3.05) is 12.4 Å². The third-order valence-corrected chi connectivity index (χ3v) is 2.49. The number of aromatic nitrogens is 2. The van der Waals surface area contributed by atoms with E-state index in [0.717, 1.165) is 6.07 Å². The molecule has 0 fully saturated rings. The van der Waals surface area contributed by atoms with Crippen molar-refractivity contribution in [3.63, 3.8) is 0 Å². The van der Waals surface area contributed by atoms with E-state index in [1.54, 1.807) is 0 Å². The molecule has 0 atom stereocenters. The molecule has 0 aromatic carbocycles. The Kier molecular flexibility index (Phi) is 4.34. The number of rotatable bonds is 4. The fourth-order valence-corrected chi connectivity index (χ4v) is 1.53. The van der Waals surface area contributed by atoms with E-state index in [1.165, 1.54) is 17.8 Å². The summed E-state index contributed by atoms with van der Waals surface area (Å²) < 4.78 is 36.3. The van der Waals surface area contributed by atoms with Crippen molar-refractivity contribution in [2.24, 2.45) is 0 Å². The lowest BCUT2D eigenvalue weighted by molar-refractivity contribution is -0.141. The molecule has 0 aliphatic carbocycles. The van der Waals surface area contributed by atoms with Gasteiger partial charge in [-0.2, -0.15) is 13.2 Å². The van der Waals surface area contributed by atoms with Gasteiger partial charge in [0, 0.05) is 12.4 Å². The van der Waals surface area contributed by atoms with Gasteiger partial charge in [-0.3, -0.25) is 0 Å². The van der Waals surface area contributed by atoms with E-state index in [2.05, 4.69) is 10.2 Å². The Bertz CT molecular complexity index is 302. The fourth-order valence-electron chi connectivity index (χ4n) is 0.789. The van der Waals surface area contributed by atoms with Gasteiger partial charge in [0.15, 0.2) is 5.69 Å². The van der Waals surface area contributed by atoms with Crippen LogP contribution in [0.5, 0.6) is 0 Å². The second kappa shape index (κ2) is 5.32. The number of aliphatic hydroxyl groups is 1. The lowest BCUT2D eigenvalue weighted by Crippen LogP contribution is -2.08.